The molecule has 1 N–H and O–H groups in total. The molecule has 0 atom stereocenters. The quantitative estimate of drug-likeness (QED) is 0.506. The van der Waals surface area contributed by atoms with Gasteiger partial charge in [0.15, 0.2) is 5.75 Å². The predicted molar refractivity (Wildman–Crippen MR) is 65.3 cm³/mol. The van der Waals surface area contributed by atoms with Gasteiger partial charge in [-0.3, -0.25) is 0 Å². The standard InChI is InChI=1S/C11H9F3O6S/c1-19-8-4-2-7(3-5-10(15)16)9(6-8)20-21(17,18)11(12,13)14/h2-6H,1H3,(H,15,16). The second kappa shape index (κ2) is 6.04. The van der Waals surface area contributed by atoms with Crippen LogP contribution in [0.5, 0.6) is 11.5 Å². The number of methoxy groups -OCH3 is 1. The van der Waals surface area contributed by atoms with Gasteiger partial charge in [0.1, 0.15) is 5.75 Å². The molecule has 1 rings (SSSR count). The summed E-state index contributed by atoms with van der Waals surface area (Å²) >= 11 is 0. The number of rotatable bonds is 5. The van der Waals surface area contributed by atoms with E-state index in [0.717, 1.165) is 18.2 Å². The molecule has 116 valence electrons. The Morgan fingerprint density at radius 2 is 1.95 bits per heavy atom. The Morgan fingerprint density at radius 3 is 2.43 bits per heavy atom. The Kier molecular flexibility index (Phi) is 4.84. The van der Waals surface area contributed by atoms with Gasteiger partial charge in [-0.25, -0.2) is 4.79 Å². The third kappa shape index (κ3) is 4.38. The zero-order chi connectivity index (χ0) is 16.3. The van der Waals surface area contributed by atoms with Crippen LogP contribution in [0.2, 0.25) is 0 Å². The number of alkyl halides is 3. The first kappa shape index (κ1) is 16.8. The molecule has 0 spiro atoms. The lowest BCUT2D eigenvalue weighted by Crippen LogP contribution is -2.28. The molecular weight excluding hydrogens is 317 g/mol. The van der Waals surface area contributed by atoms with Gasteiger partial charge in [0.25, 0.3) is 0 Å². The van der Waals surface area contributed by atoms with Crippen molar-refractivity contribution in [2.24, 2.45) is 0 Å². The monoisotopic (exact) mass is 326 g/mol. The Bertz CT molecular complexity index is 663. The Balaban J connectivity index is 3.28. The summed E-state index contributed by atoms with van der Waals surface area (Å²) in [6, 6.07) is 3.35. The Hall–Kier alpha value is -2.23. The predicted octanol–water partition coefficient (Wildman–Crippen LogP) is 2.02. The number of ether oxygens (including phenoxy) is 1. The molecule has 0 heterocycles. The van der Waals surface area contributed by atoms with Gasteiger partial charge >= 0.3 is 21.6 Å². The molecule has 0 amide bonds. The van der Waals surface area contributed by atoms with Gasteiger partial charge in [-0.05, 0) is 18.2 Å². The number of carboxylic acid groups (broad SMARTS) is 1. The number of hydrogen-bond acceptors (Lipinski definition) is 5. The molecule has 0 aliphatic rings. The van der Waals surface area contributed by atoms with Gasteiger partial charge in [0.2, 0.25) is 0 Å². The van der Waals surface area contributed by atoms with Crippen molar-refractivity contribution >= 4 is 22.2 Å². The van der Waals surface area contributed by atoms with Gasteiger partial charge < -0.3 is 14.0 Å². The topological polar surface area (TPSA) is 89.9 Å². The fourth-order valence-electron chi connectivity index (χ4n) is 1.18. The number of halogens is 3. The van der Waals surface area contributed by atoms with Gasteiger partial charge in [0.05, 0.1) is 7.11 Å². The Morgan fingerprint density at radius 1 is 1.33 bits per heavy atom. The van der Waals surface area contributed by atoms with Crippen LogP contribution >= 0.6 is 0 Å². The van der Waals surface area contributed by atoms with E-state index in [1.165, 1.54) is 13.2 Å². The molecule has 6 nitrogen and oxygen atoms in total. The molecule has 0 radical (unpaired) electrons. The molecule has 1 aromatic carbocycles. The van der Waals surface area contributed by atoms with Gasteiger partial charge in [-0.2, -0.15) is 21.6 Å². The maximum Gasteiger partial charge on any atom is 0.534 e. The van der Waals surface area contributed by atoms with Crippen molar-refractivity contribution in [3.63, 3.8) is 0 Å². The van der Waals surface area contributed by atoms with E-state index in [9.17, 15) is 26.4 Å². The van der Waals surface area contributed by atoms with Gasteiger partial charge in [-0.1, -0.05) is 0 Å². The maximum absolute atomic E-state index is 12.3. The third-order valence-corrected chi connectivity index (χ3v) is 3.08. The first-order valence-electron chi connectivity index (χ1n) is 5.16. The maximum atomic E-state index is 12.3. The van der Waals surface area contributed by atoms with Crippen molar-refractivity contribution in [2.75, 3.05) is 7.11 Å². The normalized spacial score (nSPS) is 12.4. The van der Waals surface area contributed by atoms with Crippen molar-refractivity contribution in [3.05, 3.63) is 29.8 Å². The summed E-state index contributed by atoms with van der Waals surface area (Å²) in [5.74, 6) is -2.03. The molecule has 21 heavy (non-hydrogen) atoms. The fraction of sp³-hybridized carbons (Fsp3) is 0.182. The van der Waals surface area contributed by atoms with Crippen molar-refractivity contribution < 1.29 is 40.4 Å². The first-order chi connectivity index (χ1) is 9.56. The van der Waals surface area contributed by atoms with Crippen LogP contribution in [0.3, 0.4) is 0 Å². The van der Waals surface area contributed by atoms with E-state index < -0.39 is 27.3 Å². The van der Waals surface area contributed by atoms with E-state index in [-0.39, 0.29) is 11.3 Å². The van der Waals surface area contributed by atoms with E-state index >= 15 is 0 Å². The van der Waals surface area contributed by atoms with Crippen LogP contribution in [0, 0.1) is 0 Å². The summed E-state index contributed by atoms with van der Waals surface area (Å²) < 4.78 is 67.6. The third-order valence-electron chi connectivity index (χ3n) is 2.11. The molecule has 0 aliphatic heterocycles. The smallest absolute Gasteiger partial charge is 0.497 e. The van der Waals surface area contributed by atoms with Crippen LogP contribution in [0.15, 0.2) is 24.3 Å². The number of aliphatic carboxylic acids is 1. The number of carboxylic acids is 1. The second-order valence-corrected chi connectivity index (χ2v) is 5.10. The zero-order valence-electron chi connectivity index (χ0n) is 10.4. The molecule has 0 aromatic heterocycles. The van der Waals surface area contributed by atoms with Crippen LogP contribution in [0.25, 0.3) is 6.08 Å². The van der Waals surface area contributed by atoms with E-state index in [2.05, 4.69) is 4.18 Å². The number of carbonyl (C=O) groups is 1. The van der Waals surface area contributed by atoms with Crippen LogP contribution in [-0.4, -0.2) is 32.1 Å². The minimum Gasteiger partial charge on any atom is -0.497 e. The summed E-state index contributed by atoms with van der Waals surface area (Å²) in [5, 5.41) is 8.48. The summed E-state index contributed by atoms with van der Waals surface area (Å²) in [4.78, 5) is 10.4. The lowest BCUT2D eigenvalue weighted by Gasteiger charge is -2.12. The first-order valence-corrected chi connectivity index (χ1v) is 6.57. The summed E-state index contributed by atoms with van der Waals surface area (Å²) in [5.41, 5.74) is -5.78. The highest BCUT2D eigenvalue weighted by atomic mass is 32.2. The number of benzene rings is 1. The van der Waals surface area contributed by atoms with E-state index in [1.807, 2.05) is 0 Å². The van der Waals surface area contributed by atoms with Gasteiger partial charge in [0, 0.05) is 17.7 Å². The van der Waals surface area contributed by atoms with E-state index in [0.29, 0.717) is 6.08 Å². The summed E-state index contributed by atoms with van der Waals surface area (Å²) in [7, 11) is -4.66. The molecule has 0 bridgehead atoms. The minimum absolute atomic E-state index is 0.0369. The average Bonchev–Trinajstić information content (AvgIpc) is 2.35. The van der Waals surface area contributed by atoms with E-state index in [1.54, 1.807) is 0 Å². The molecule has 0 unspecified atom stereocenters. The average molecular weight is 326 g/mol. The minimum atomic E-state index is -5.87. The van der Waals surface area contributed by atoms with Crippen molar-refractivity contribution in [3.8, 4) is 11.5 Å². The lowest BCUT2D eigenvalue weighted by molar-refractivity contribution is -0.131. The van der Waals surface area contributed by atoms with Crippen LogP contribution in [-0.2, 0) is 14.9 Å². The molecule has 1 aromatic rings. The molecule has 10 heteroatoms. The molecule has 0 fully saturated rings. The summed E-state index contributed by atoms with van der Waals surface area (Å²) in [6.07, 6.45) is 1.51. The highest BCUT2D eigenvalue weighted by Gasteiger charge is 2.48. The van der Waals surface area contributed by atoms with Crippen molar-refractivity contribution in [2.45, 2.75) is 5.51 Å². The largest absolute Gasteiger partial charge is 0.534 e. The molecule has 0 saturated carbocycles. The van der Waals surface area contributed by atoms with Crippen LogP contribution < -0.4 is 8.92 Å². The van der Waals surface area contributed by atoms with Crippen LogP contribution in [0.1, 0.15) is 5.56 Å². The van der Waals surface area contributed by atoms with Crippen molar-refractivity contribution in [1.29, 1.82) is 0 Å². The number of hydrogen-bond donors (Lipinski definition) is 1. The summed E-state index contributed by atoms with van der Waals surface area (Å²) in [6.45, 7) is 0. The van der Waals surface area contributed by atoms with E-state index in [4.69, 9.17) is 9.84 Å². The molecule has 0 saturated heterocycles. The molecular formula is C11H9F3O6S. The van der Waals surface area contributed by atoms with Crippen LogP contribution in [0.4, 0.5) is 13.2 Å². The van der Waals surface area contributed by atoms with Gasteiger partial charge in [-0.15, -0.1) is 0 Å². The zero-order valence-corrected chi connectivity index (χ0v) is 11.2. The SMILES string of the molecule is COc1ccc(C=CC(=O)O)c(OS(=O)(=O)C(F)(F)F)c1. The van der Waals surface area contributed by atoms with Crippen molar-refractivity contribution in [1.82, 2.24) is 0 Å². The highest BCUT2D eigenvalue weighted by molar-refractivity contribution is 7.88. The fourth-order valence-corrected chi connectivity index (χ4v) is 1.65. The second-order valence-electron chi connectivity index (χ2n) is 3.56. The lowest BCUT2D eigenvalue weighted by atomic mass is 10.2. The molecule has 0 aliphatic carbocycles. The Labute approximate surface area is 117 Å². The highest BCUT2D eigenvalue weighted by Crippen LogP contribution is 2.32.